The zero-order chi connectivity index (χ0) is 8.91. The van der Waals surface area contributed by atoms with Gasteiger partial charge in [0, 0.05) is 5.75 Å². The van der Waals surface area contributed by atoms with Gasteiger partial charge in [-0.25, -0.2) is 0 Å². The van der Waals surface area contributed by atoms with E-state index in [1.54, 1.807) is 6.26 Å². The second-order valence-electron chi connectivity index (χ2n) is 1.90. The van der Waals surface area contributed by atoms with Crippen LogP contribution in [0.1, 0.15) is 0 Å². The normalized spacial score (nSPS) is 15.0. The highest BCUT2D eigenvalue weighted by atomic mass is 32.2. The molecule has 1 unspecified atom stereocenters. The third-order valence-electron chi connectivity index (χ3n) is 0.840. The fourth-order valence-electron chi connectivity index (χ4n) is 0.431. The Balaban J connectivity index is 3.44. The lowest BCUT2D eigenvalue weighted by atomic mass is 10.8. The third-order valence-corrected chi connectivity index (χ3v) is 3.02. The van der Waals surface area contributed by atoms with Crippen LogP contribution >= 0.6 is 11.8 Å². The molecule has 0 rings (SSSR count). The van der Waals surface area contributed by atoms with Crippen molar-refractivity contribution >= 4 is 22.9 Å². The van der Waals surface area contributed by atoms with Crippen molar-refractivity contribution in [3.05, 3.63) is 0 Å². The van der Waals surface area contributed by atoms with E-state index in [2.05, 4.69) is 0 Å². The summed E-state index contributed by atoms with van der Waals surface area (Å²) in [7, 11) is 0. The first kappa shape index (κ1) is 11.4. The quantitative estimate of drug-likeness (QED) is 0.653. The van der Waals surface area contributed by atoms with Gasteiger partial charge in [-0.3, -0.25) is 0 Å². The molecule has 0 fully saturated rings. The summed E-state index contributed by atoms with van der Waals surface area (Å²) in [6.07, 6.45) is -2.52. The fraction of sp³-hybridized carbons (Fsp3) is 1.00. The SMILES string of the molecule is CSCC[S+]([O-])CC(F)(F)F. The zero-order valence-electron chi connectivity index (χ0n) is 5.98. The molecule has 11 heavy (non-hydrogen) atoms. The smallest absolute Gasteiger partial charge is 0.433 e. The Morgan fingerprint density at radius 3 is 2.36 bits per heavy atom. The lowest BCUT2D eigenvalue weighted by molar-refractivity contribution is -0.106. The topological polar surface area (TPSA) is 23.1 Å². The highest BCUT2D eigenvalue weighted by Gasteiger charge is 2.34. The average Bonchev–Trinajstić information content (AvgIpc) is 1.79. The van der Waals surface area contributed by atoms with Crippen LogP contribution in [0.4, 0.5) is 13.2 Å². The number of thioether (sulfide) groups is 1. The molecule has 0 heterocycles. The van der Waals surface area contributed by atoms with Gasteiger partial charge in [-0.15, -0.1) is 0 Å². The predicted molar refractivity (Wildman–Crippen MR) is 42.3 cm³/mol. The molecule has 0 radical (unpaired) electrons. The maximum atomic E-state index is 11.5. The summed E-state index contributed by atoms with van der Waals surface area (Å²) in [5, 5.41) is 0. The number of hydrogen-bond donors (Lipinski definition) is 0. The van der Waals surface area contributed by atoms with Gasteiger partial charge >= 0.3 is 6.18 Å². The summed E-state index contributed by atoms with van der Waals surface area (Å²) >= 11 is -0.340. The molecule has 0 bridgehead atoms. The van der Waals surface area contributed by atoms with E-state index in [-0.39, 0.29) is 5.75 Å². The minimum atomic E-state index is -4.29. The molecule has 68 valence electrons. The van der Waals surface area contributed by atoms with Crippen LogP contribution in [0.2, 0.25) is 0 Å². The largest absolute Gasteiger partial charge is 0.616 e. The molecule has 6 heteroatoms. The maximum absolute atomic E-state index is 11.5. The van der Waals surface area contributed by atoms with Crippen molar-refractivity contribution < 1.29 is 17.7 Å². The molecule has 0 saturated heterocycles. The second kappa shape index (κ2) is 5.16. The van der Waals surface area contributed by atoms with Gasteiger partial charge < -0.3 is 4.55 Å². The summed E-state index contributed by atoms with van der Waals surface area (Å²) in [5.41, 5.74) is 0. The zero-order valence-corrected chi connectivity index (χ0v) is 7.61. The maximum Gasteiger partial charge on any atom is 0.433 e. The first-order valence-corrected chi connectivity index (χ1v) is 5.74. The number of halogens is 3. The van der Waals surface area contributed by atoms with Crippen LogP contribution in [0.15, 0.2) is 0 Å². The standard InChI is InChI=1S/C5H9F3OS2/c1-10-2-3-11(9)4-5(6,7)8/h2-4H2,1H3. The molecule has 0 amide bonds. The second-order valence-corrected chi connectivity index (χ2v) is 4.46. The Morgan fingerprint density at radius 1 is 1.45 bits per heavy atom. The van der Waals surface area contributed by atoms with Gasteiger partial charge in [-0.05, 0) is 17.4 Å². The molecule has 0 spiro atoms. The van der Waals surface area contributed by atoms with Crippen molar-refractivity contribution in [3.8, 4) is 0 Å². The van der Waals surface area contributed by atoms with E-state index < -0.39 is 23.1 Å². The summed E-state index contributed by atoms with van der Waals surface area (Å²) in [6, 6.07) is 0. The summed E-state index contributed by atoms with van der Waals surface area (Å²) in [6.45, 7) is 0. The van der Waals surface area contributed by atoms with E-state index in [1.165, 1.54) is 11.8 Å². The van der Waals surface area contributed by atoms with Crippen LogP contribution in [0.3, 0.4) is 0 Å². The van der Waals surface area contributed by atoms with Crippen molar-refractivity contribution in [2.45, 2.75) is 6.18 Å². The minimum absolute atomic E-state index is 0.126. The van der Waals surface area contributed by atoms with Gasteiger partial charge in [0.2, 0.25) is 5.75 Å². The van der Waals surface area contributed by atoms with E-state index in [0.717, 1.165) is 0 Å². The molecule has 0 aliphatic carbocycles. The van der Waals surface area contributed by atoms with Gasteiger partial charge in [0.1, 0.15) is 5.75 Å². The molecule has 0 aromatic rings. The molecule has 0 aromatic carbocycles. The van der Waals surface area contributed by atoms with Gasteiger partial charge in [-0.2, -0.15) is 24.9 Å². The van der Waals surface area contributed by atoms with E-state index in [4.69, 9.17) is 0 Å². The highest BCUT2D eigenvalue weighted by Crippen LogP contribution is 2.17. The average molecular weight is 206 g/mol. The Hall–Kier alpha value is 0.450. The van der Waals surface area contributed by atoms with E-state index in [0.29, 0.717) is 5.75 Å². The summed E-state index contributed by atoms with van der Waals surface area (Å²) in [4.78, 5) is 0. The van der Waals surface area contributed by atoms with Gasteiger partial charge in [0.25, 0.3) is 0 Å². The lowest BCUT2D eigenvalue weighted by Gasteiger charge is -2.11. The van der Waals surface area contributed by atoms with E-state index >= 15 is 0 Å². The molecule has 0 aromatic heterocycles. The van der Waals surface area contributed by atoms with E-state index in [1.807, 2.05) is 0 Å². The van der Waals surface area contributed by atoms with Crippen LogP contribution in [-0.2, 0) is 11.2 Å². The van der Waals surface area contributed by atoms with Crippen LogP contribution in [0.25, 0.3) is 0 Å². The minimum Gasteiger partial charge on any atom is -0.616 e. The molecule has 1 atom stereocenters. The number of hydrogen-bond acceptors (Lipinski definition) is 2. The van der Waals surface area contributed by atoms with Crippen LogP contribution < -0.4 is 0 Å². The van der Waals surface area contributed by atoms with Gasteiger partial charge in [0.15, 0.2) is 0 Å². The van der Waals surface area contributed by atoms with Crippen LogP contribution in [-0.4, -0.2) is 34.2 Å². The van der Waals surface area contributed by atoms with Crippen molar-refractivity contribution in [3.63, 3.8) is 0 Å². The lowest BCUT2D eigenvalue weighted by Crippen LogP contribution is -2.25. The molecule has 1 nitrogen and oxygen atoms in total. The molecular formula is C5H9F3OS2. The Kier molecular flexibility index (Phi) is 5.37. The monoisotopic (exact) mass is 206 g/mol. The van der Waals surface area contributed by atoms with Crippen LogP contribution in [0, 0.1) is 0 Å². The Bertz CT molecular complexity index is 106. The van der Waals surface area contributed by atoms with Crippen molar-refractivity contribution in [1.82, 2.24) is 0 Å². The molecule has 0 aliphatic heterocycles. The molecular weight excluding hydrogens is 197 g/mol. The predicted octanol–water partition coefficient (Wildman–Crippen LogP) is 1.66. The molecule has 0 aliphatic rings. The number of alkyl halides is 3. The van der Waals surface area contributed by atoms with Crippen molar-refractivity contribution in [2.75, 3.05) is 23.5 Å². The van der Waals surface area contributed by atoms with Crippen molar-refractivity contribution in [2.24, 2.45) is 0 Å². The van der Waals surface area contributed by atoms with Crippen molar-refractivity contribution in [1.29, 1.82) is 0 Å². The molecule has 0 N–H and O–H groups in total. The third kappa shape index (κ3) is 8.36. The summed E-state index contributed by atoms with van der Waals surface area (Å²) in [5.74, 6) is -0.531. The van der Waals surface area contributed by atoms with Gasteiger partial charge in [-0.1, -0.05) is 0 Å². The summed E-state index contributed by atoms with van der Waals surface area (Å²) < 4.78 is 45.2. The fourth-order valence-corrected chi connectivity index (χ4v) is 2.35. The Morgan fingerprint density at radius 2 is 2.00 bits per heavy atom. The van der Waals surface area contributed by atoms with Gasteiger partial charge in [0.05, 0.1) is 0 Å². The first-order valence-electron chi connectivity index (χ1n) is 2.86. The van der Waals surface area contributed by atoms with Crippen LogP contribution in [0.5, 0.6) is 0 Å². The van der Waals surface area contributed by atoms with E-state index in [9.17, 15) is 17.7 Å². The number of rotatable bonds is 4. The highest BCUT2D eigenvalue weighted by molar-refractivity contribution is 8.00. The molecule has 0 saturated carbocycles. The first-order chi connectivity index (χ1) is 4.95. The Labute approximate surface area is 70.9 Å².